The number of hydrogen-bond donors (Lipinski definition) is 1. The van der Waals surface area contributed by atoms with Gasteiger partial charge in [-0.2, -0.15) is 0 Å². The van der Waals surface area contributed by atoms with Crippen LogP contribution in [0.5, 0.6) is 17.2 Å². The van der Waals surface area contributed by atoms with E-state index in [0.29, 0.717) is 11.5 Å². The first kappa shape index (κ1) is 14.5. The van der Waals surface area contributed by atoms with E-state index in [-0.39, 0.29) is 6.04 Å². The van der Waals surface area contributed by atoms with Gasteiger partial charge in [0.2, 0.25) is 5.75 Å². The molecule has 0 saturated carbocycles. The maximum Gasteiger partial charge on any atom is 0.203 e. The molecule has 0 aromatic heterocycles. The fourth-order valence-corrected chi connectivity index (χ4v) is 3.24. The Labute approximate surface area is 122 Å². The van der Waals surface area contributed by atoms with E-state index in [1.807, 2.05) is 6.07 Å². The molecule has 0 spiro atoms. The zero-order valence-electron chi connectivity index (χ0n) is 11.6. The molecule has 19 heavy (non-hydrogen) atoms. The summed E-state index contributed by atoms with van der Waals surface area (Å²) in [6, 6.07) is 2.23. The number of hydrogen-bond acceptors (Lipinski definition) is 4. The summed E-state index contributed by atoms with van der Waals surface area (Å²) in [5.74, 6) is 2.06. The second kappa shape index (κ2) is 6.48. The van der Waals surface area contributed by atoms with Gasteiger partial charge in [0.25, 0.3) is 0 Å². The number of methoxy groups -OCH3 is 3. The quantitative estimate of drug-likeness (QED) is 0.920. The highest BCUT2D eigenvalue weighted by Crippen LogP contribution is 2.47. The Balaban J connectivity index is 2.51. The second-order valence-electron chi connectivity index (χ2n) is 4.54. The number of nitrogens with one attached hydrogen (secondary N) is 1. The highest BCUT2D eigenvalue weighted by Gasteiger charge is 2.26. The van der Waals surface area contributed by atoms with Crippen LogP contribution in [0.1, 0.15) is 30.9 Å². The topological polar surface area (TPSA) is 39.7 Å². The molecule has 1 fully saturated rings. The number of ether oxygens (including phenoxy) is 3. The van der Waals surface area contributed by atoms with Crippen LogP contribution in [0.15, 0.2) is 10.5 Å². The lowest BCUT2D eigenvalue weighted by Gasteiger charge is -2.27. The van der Waals surface area contributed by atoms with E-state index in [0.717, 1.165) is 28.8 Å². The van der Waals surface area contributed by atoms with Gasteiger partial charge in [-0.15, -0.1) is 0 Å². The summed E-state index contributed by atoms with van der Waals surface area (Å²) in [5.41, 5.74) is 1.11. The largest absolute Gasteiger partial charge is 0.493 e. The average Bonchev–Trinajstić information content (AvgIpc) is 2.46. The zero-order chi connectivity index (χ0) is 13.8. The number of halogens is 1. The molecule has 1 atom stereocenters. The van der Waals surface area contributed by atoms with Crippen molar-refractivity contribution in [1.29, 1.82) is 0 Å². The van der Waals surface area contributed by atoms with Crippen molar-refractivity contribution in [2.75, 3.05) is 27.9 Å². The summed E-state index contributed by atoms with van der Waals surface area (Å²) >= 11 is 3.62. The van der Waals surface area contributed by atoms with E-state index in [1.165, 1.54) is 12.8 Å². The molecule has 2 rings (SSSR count). The molecule has 0 radical (unpaired) electrons. The van der Waals surface area contributed by atoms with Gasteiger partial charge >= 0.3 is 0 Å². The monoisotopic (exact) mass is 329 g/mol. The Morgan fingerprint density at radius 2 is 1.84 bits per heavy atom. The Morgan fingerprint density at radius 3 is 2.37 bits per heavy atom. The highest BCUT2D eigenvalue weighted by atomic mass is 79.9. The molecule has 1 aromatic rings. The molecule has 0 aliphatic carbocycles. The number of benzene rings is 1. The molecule has 0 amide bonds. The van der Waals surface area contributed by atoms with Crippen LogP contribution >= 0.6 is 15.9 Å². The second-order valence-corrected chi connectivity index (χ2v) is 5.40. The van der Waals surface area contributed by atoms with Crippen molar-refractivity contribution in [3.05, 3.63) is 16.1 Å². The fraction of sp³-hybridized carbons (Fsp3) is 0.571. The Kier molecular flexibility index (Phi) is 4.93. The van der Waals surface area contributed by atoms with Crippen molar-refractivity contribution >= 4 is 15.9 Å². The third kappa shape index (κ3) is 2.82. The van der Waals surface area contributed by atoms with Gasteiger partial charge in [0.15, 0.2) is 11.5 Å². The van der Waals surface area contributed by atoms with Crippen molar-refractivity contribution in [3.8, 4) is 17.2 Å². The zero-order valence-corrected chi connectivity index (χ0v) is 13.2. The molecule has 1 unspecified atom stereocenters. The fourth-order valence-electron chi connectivity index (χ4n) is 2.57. The van der Waals surface area contributed by atoms with Crippen LogP contribution in [0.3, 0.4) is 0 Å². The van der Waals surface area contributed by atoms with Gasteiger partial charge in [-0.25, -0.2) is 0 Å². The third-order valence-electron chi connectivity index (χ3n) is 3.48. The van der Waals surface area contributed by atoms with Crippen LogP contribution in [0, 0.1) is 0 Å². The smallest absolute Gasteiger partial charge is 0.203 e. The van der Waals surface area contributed by atoms with Crippen molar-refractivity contribution in [3.63, 3.8) is 0 Å². The lowest BCUT2D eigenvalue weighted by atomic mass is 9.96. The van der Waals surface area contributed by atoms with Gasteiger partial charge in [-0.1, -0.05) is 22.4 Å². The minimum absolute atomic E-state index is 0.290. The SMILES string of the molecule is COc1cc(Br)c(C2CCCCN2)c(OC)c1OC. The predicted molar refractivity (Wildman–Crippen MR) is 78.4 cm³/mol. The Morgan fingerprint density at radius 1 is 1.11 bits per heavy atom. The van der Waals surface area contributed by atoms with Gasteiger partial charge in [0.05, 0.1) is 21.3 Å². The van der Waals surface area contributed by atoms with Gasteiger partial charge in [-0.3, -0.25) is 0 Å². The molecule has 5 heteroatoms. The molecule has 1 aliphatic heterocycles. The molecule has 1 aliphatic rings. The van der Waals surface area contributed by atoms with Crippen LogP contribution in [0.25, 0.3) is 0 Å². The summed E-state index contributed by atoms with van der Waals surface area (Å²) in [6.07, 6.45) is 3.55. The Bertz CT molecular complexity index is 445. The summed E-state index contributed by atoms with van der Waals surface area (Å²) in [4.78, 5) is 0. The molecular weight excluding hydrogens is 310 g/mol. The first-order valence-electron chi connectivity index (χ1n) is 6.44. The first-order valence-corrected chi connectivity index (χ1v) is 7.24. The van der Waals surface area contributed by atoms with Crippen molar-refractivity contribution < 1.29 is 14.2 Å². The average molecular weight is 330 g/mol. The molecule has 4 nitrogen and oxygen atoms in total. The molecule has 1 saturated heterocycles. The minimum atomic E-state index is 0.290. The van der Waals surface area contributed by atoms with E-state index < -0.39 is 0 Å². The molecule has 1 aromatic carbocycles. The Hall–Kier alpha value is -0.940. The van der Waals surface area contributed by atoms with Gasteiger partial charge in [0, 0.05) is 16.1 Å². The van der Waals surface area contributed by atoms with Crippen LogP contribution in [-0.2, 0) is 0 Å². The standard InChI is InChI=1S/C14H20BrNO3/c1-17-11-8-9(15)12(10-6-4-5-7-16-10)14(19-3)13(11)18-2/h8,10,16H,4-7H2,1-3H3. The van der Waals surface area contributed by atoms with Gasteiger partial charge in [0.1, 0.15) is 0 Å². The summed E-state index contributed by atoms with van der Waals surface area (Å²) in [7, 11) is 4.92. The number of rotatable bonds is 4. The summed E-state index contributed by atoms with van der Waals surface area (Å²) < 4.78 is 17.3. The predicted octanol–water partition coefficient (Wildman–Crippen LogP) is 3.29. The van der Waals surface area contributed by atoms with E-state index in [1.54, 1.807) is 21.3 Å². The van der Waals surface area contributed by atoms with Gasteiger partial charge < -0.3 is 19.5 Å². The molecule has 1 N–H and O–H groups in total. The van der Waals surface area contributed by atoms with E-state index in [2.05, 4.69) is 21.2 Å². The maximum absolute atomic E-state index is 5.57. The van der Waals surface area contributed by atoms with Crippen molar-refractivity contribution in [1.82, 2.24) is 5.32 Å². The van der Waals surface area contributed by atoms with Crippen LogP contribution in [0.4, 0.5) is 0 Å². The normalized spacial score (nSPS) is 19.1. The van der Waals surface area contributed by atoms with Crippen LogP contribution < -0.4 is 19.5 Å². The van der Waals surface area contributed by atoms with E-state index in [9.17, 15) is 0 Å². The van der Waals surface area contributed by atoms with E-state index >= 15 is 0 Å². The van der Waals surface area contributed by atoms with E-state index in [4.69, 9.17) is 14.2 Å². The molecule has 0 bridgehead atoms. The van der Waals surface area contributed by atoms with Crippen molar-refractivity contribution in [2.45, 2.75) is 25.3 Å². The van der Waals surface area contributed by atoms with Crippen LogP contribution in [-0.4, -0.2) is 27.9 Å². The van der Waals surface area contributed by atoms with Crippen LogP contribution in [0.2, 0.25) is 0 Å². The van der Waals surface area contributed by atoms with Gasteiger partial charge in [-0.05, 0) is 25.5 Å². The summed E-state index contributed by atoms with van der Waals surface area (Å²) in [6.45, 7) is 1.04. The lowest BCUT2D eigenvalue weighted by Crippen LogP contribution is -2.27. The third-order valence-corrected chi connectivity index (χ3v) is 4.13. The number of piperidine rings is 1. The molecule has 1 heterocycles. The highest BCUT2D eigenvalue weighted by molar-refractivity contribution is 9.10. The summed E-state index contributed by atoms with van der Waals surface area (Å²) in [5, 5.41) is 3.53. The van der Waals surface area contributed by atoms with Crippen molar-refractivity contribution in [2.24, 2.45) is 0 Å². The first-order chi connectivity index (χ1) is 9.22. The molecule has 106 valence electrons. The lowest BCUT2D eigenvalue weighted by molar-refractivity contribution is 0.314. The maximum atomic E-state index is 5.57. The minimum Gasteiger partial charge on any atom is -0.493 e. The molecular formula is C14H20BrNO3.